The Hall–Kier alpha value is -0.940. The highest BCUT2D eigenvalue weighted by Gasteiger charge is 2.27. The first-order chi connectivity index (χ1) is 7.71. The van der Waals surface area contributed by atoms with E-state index in [-0.39, 0.29) is 11.1 Å². The van der Waals surface area contributed by atoms with E-state index in [0.29, 0.717) is 4.47 Å². The molecule has 1 aromatic carbocycles. The third-order valence-electron chi connectivity index (χ3n) is 2.40. The third kappa shape index (κ3) is 3.78. The number of amides is 1. The molecule has 0 radical (unpaired) electrons. The molecule has 0 saturated carbocycles. The van der Waals surface area contributed by atoms with Crippen LogP contribution in [0.5, 0.6) is 0 Å². The number of carbonyl (C=O) groups is 1. The molecule has 1 aromatic rings. The Morgan fingerprint density at radius 2 is 2.06 bits per heavy atom. The third-order valence-corrected chi connectivity index (χ3v) is 2.90. The fourth-order valence-electron chi connectivity index (χ4n) is 1.20. The van der Waals surface area contributed by atoms with Crippen LogP contribution in [0.3, 0.4) is 0 Å². The van der Waals surface area contributed by atoms with Crippen molar-refractivity contribution < 1.29 is 9.18 Å². The van der Waals surface area contributed by atoms with Crippen LogP contribution in [-0.2, 0) is 4.79 Å². The van der Waals surface area contributed by atoms with Gasteiger partial charge >= 0.3 is 0 Å². The Labute approximate surface area is 109 Å². The molecule has 0 heterocycles. The van der Waals surface area contributed by atoms with E-state index in [1.165, 1.54) is 12.1 Å². The van der Waals surface area contributed by atoms with Gasteiger partial charge in [0.05, 0.1) is 11.7 Å². The number of hydrogen-bond acceptors (Lipinski definition) is 2. The first-order valence-corrected chi connectivity index (χ1v) is 6.02. The Kier molecular flexibility index (Phi) is 4.27. The van der Waals surface area contributed by atoms with Gasteiger partial charge < -0.3 is 11.1 Å². The molecule has 0 aliphatic carbocycles. The van der Waals surface area contributed by atoms with Gasteiger partial charge in [0, 0.05) is 4.47 Å². The summed E-state index contributed by atoms with van der Waals surface area (Å²) in [6.07, 6.45) is 0. The van der Waals surface area contributed by atoms with E-state index in [9.17, 15) is 9.18 Å². The smallest absolute Gasteiger partial charge is 0.241 e. The maximum Gasteiger partial charge on any atom is 0.241 e. The normalized spacial score (nSPS) is 13.3. The Bertz CT molecular complexity index is 429. The Morgan fingerprint density at radius 3 is 2.59 bits per heavy atom. The summed E-state index contributed by atoms with van der Waals surface area (Å²) in [5.41, 5.74) is 5.54. The molecule has 1 rings (SSSR count). The number of hydrogen-bond donors (Lipinski definition) is 2. The molecular weight excluding hydrogens is 287 g/mol. The summed E-state index contributed by atoms with van der Waals surface area (Å²) in [5.74, 6) is -0.878. The van der Waals surface area contributed by atoms with Crippen molar-refractivity contribution in [2.75, 3.05) is 5.32 Å². The molecule has 0 unspecified atom stereocenters. The van der Waals surface area contributed by atoms with Gasteiger partial charge in [-0.1, -0.05) is 36.7 Å². The topological polar surface area (TPSA) is 55.1 Å². The minimum atomic E-state index is -0.694. The molecular formula is C12H16BrFN2O. The number of nitrogens with one attached hydrogen (secondary N) is 1. The summed E-state index contributed by atoms with van der Waals surface area (Å²) in [6.45, 7) is 5.57. The zero-order valence-corrected chi connectivity index (χ0v) is 11.6. The first-order valence-electron chi connectivity index (χ1n) is 5.23. The van der Waals surface area contributed by atoms with Crippen LogP contribution in [0.1, 0.15) is 20.8 Å². The molecule has 3 nitrogen and oxygen atoms in total. The highest BCUT2D eigenvalue weighted by molar-refractivity contribution is 9.10. The van der Waals surface area contributed by atoms with Crippen molar-refractivity contribution in [2.45, 2.75) is 26.8 Å². The minimum absolute atomic E-state index is 0.129. The second-order valence-electron chi connectivity index (χ2n) is 4.96. The first kappa shape index (κ1) is 14.1. The molecule has 1 amide bonds. The zero-order valence-electron chi connectivity index (χ0n) is 10.1. The fraction of sp³-hybridized carbons (Fsp3) is 0.417. The van der Waals surface area contributed by atoms with Crippen molar-refractivity contribution in [3.63, 3.8) is 0 Å². The predicted octanol–water partition coefficient (Wildman–Crippen LogP) is 2.90. The molecule has 0 saturated heterocycles. The van der Waals surface area contributed by atoms with Gasteiger partial charge in [0.2, 0.25) is 5.91 Å². The molecule has 5 heteroatoms. The van der Waals surface area contributed by atoms with Crippen LogP contribution >= 0.6 is 15.9 Å². The zero-order chi connectivity index (χ0) is 13.2. The van der Waals surface area contributed by atoms with E-state index >= 15 is 0 Å². The number of rotatable bonds is 2. The Balaban J connectivity index is 2.85. The van der Waals surface area contributed by atoms with E-state index in [4.69, 9.17) is 5.73 Å². The van der Waals surface area contributed by atoms with Gasteiger partial charge in [-0.15, -0.1) is 0 Å². The highest BCUT2D eigenvalue weighted by atomic mass is 79.9. The summed E-state index contributed by atoms with van der Waals surface area (Å²) in [4.78, 5) is 11.8. The van der Waals surface area contributed by atoms with Crippen molar-refractivity contribution in [1.29, 1.82) is 0 Å². The summed E-state index contributed by atoms with van der Waals surface area (Å²) in [7, 11) is 0. The molecule has 3 N–H and O–H groups in total. The van der Waals surface area contributed by atoms with Crippen LogP contribution in [-0.4, -0.2) is 11.9 Å². The summed E-state index contributed by atoms with van der Waals surface area (Å²) in [5, 5.41) is 2.49. The van der Waals surface area contributed by atoms with Gasteiger partial charge in [0.1, 0.15) is 5.82 Å². The number of carbonyl (C=O) groups excluding carboxylic acids is 1. The summed E-state index contributed by atoms with van der Waals surface area (Å²) >= 11 is 3.21. The maximum absolute atomic E-state index is 13.4. The van der Waals surface area contributed by atoms with Crippen LogP contribution in [0.2, 0.25) is 0 Å². The lowest BCUT2D eigenvalue weighted by Gasteiger charge is -2.25. The van der Waals surface area contributed by atoms with Gasteiger partial charge in [0.25, 0.3) is 0 Å². The number of halogens is 2. The van der Waals surface area contributed by atoms with Crippen molar-refractivity contribution in [3.8, 4) is 0 Å². The fourth-order valence-corrected chi connectivity index (χ4v) is 1.56. The molecule has 17 heavy (non-hydrogen) atoms. The summed E-state index contributed by atoms with van der Waals surface area (Å²) in [6, 6.07) is 3.65. The maximum atomic E-state index is 13.4. The lowest BCUT2D eigenvalue weighted by Crippen LogP contribution is -2.45. The van der Waals surface area contributed by atoms with E-state index < -0.39 is 17.8 Å². The van der Waals surface area contributed by atoms with Crippen LogP contribution in [0.15, 0.2) is 22.7 Å². The molecule has 0 bridgehead atoms. The van der Waals surface area contributed by atoms with Gasteiger partial charge in [0.15, 0.2) is 0 Å². The van der Waals surface area contributed by atoms with Crippen molar-refractivity contribution in [1.82, 2.24) is 0 Å². The van der Waals surface area contributed by atoms with Crippen LogP contribution < -0.4 is 11.1 Å². The van der Waals surface area contributed by atoms with Gasteiger partial charge in [-0.3, -0.25) is 4.79 Å². The lowest BCUT2D eigenvalue weighted by molar-refractivity contribution is -0.119. The SMILES string of the molecule is CC(C)(C)[C@H](N)C(=O)Nc1cc(Br)ccc1F. The molecule has 94 valence electrons. The molecule has 0 aromatic heterocycles. The standard InChI is InChI=1S/C12H16BrFN2O/c1-12(2,3)10(15)11(17)16-9-6-7(13)4-5-8(9)14/h4-6,10H,15H2,1-3H3,(H,16,17)/t10-/m1/s1. The van der Waals surface area contributed by atoms with Crippen LogP contribution in [0.4, 0.5) is 10.1 Å². The van der Waals surface area contributed by atoms with E-state index in [1.54, 1.807) is 6.07 Å². The molecule has 0 aliphatic heterocycles. The van der Waals surface area contributed by atoms with Crippen molar-refractivity contribution in [3.05, 3.63) is 28.5 Å². The number of nitrogens with two attached hydrogens (primary N) is 1. The van der Waals surface area contributed by atoms with Crippen molar-refractivity contribution >= 4 is 27.5 Å². The minimum Gasteiger partial charge on any atom is -0.322 e. The monoisotopic (exact) mass is 302 g/mol. The molecule has 0 fully saturated rings. The predicted molar refractivity (Wildman–Crippen MR) is 70.2 cm³/mol. The van der Waals surface area contributed by atoms with E-state index in [2.05, 4.69) is 21.2 Å². The quantitative estimate of drug-likeness (QED) is 0.882. The average Bonchev–Trinajstić information content (AvgIpc) is 2.21. The number of anilines is 1. The molecule has 1 atom stereocenters. The lowest BCUT2D eigenvalue weighted by atomic mass is 9.87. The molecule has 0 spiro atoms. The number of benzene rings is 1. The molecule has 0 aliphatic rings. The highest BCUT2D eigenvalue weighted by Crippen LogP contribution is 2.22. The van der Waals surface area contributed by atoms with Crippen LogP contribution in [0.25, 0.3) is 0 Å². The van der Waals surface area contributed by atoms with E-state index in [0.717, 1.165) is 0 Å². The second kappa shape index (κ2) is 5.14. The van der Waals surface area contributed by atoms with Crippen LogP contribution in [0, 0.1) is 11.2 Å². The largest absolute Gasteiger partial charge is 0.322 e. The van der Waals surface area contributed by atoms with Crippen molar-refractivity contribution in [2.24, 2.45) is 11.1 Å². The van der Waals surface area contributed by atoms with Gasteiger partial charge in [-0.25, -0.2) is 4.39 Å². The Morgan fingerprint density at radius 1 is 1.47 bits per heavy atom. The average molecular weight is 303 g/mol. The van der Waals surface area contributed by atoms with Gasteiger partial charge in [-0.05, 0) is 23.6 Å². The second-order valence-corrected chi connectivity index (χ2v) is 5.87. The van der Waals surface area contributed by atoms with Gasteiger partial charge in [-0.2, -0.15) is 0 Å². The van der Waals surface area contributed by atoms with E-state index in [1.807, 2.05) is 20.8 Å². The summed E-state index contributed by atoms with van der Waals surface area (Å²) < 4.78 is 14.1.